The van der Waals surface area contributed by atoms with E-state index in [2.05, 4.69) is 4.98 Å². The number of anilines is 1. The lowest BCUT2D eigenvalue weighted by molar-refractivity contribution is -0.141. The van der Waals surface area contributed by atoms with Crippen LogP contribution < -0.4 is 10.6 Å². The summed E-state index contributed by atoms with van der Waals surface area (Å²) in [6.07, 6.45) is -5.52. The second kappa shape index (κ2) is 5.86. The van der Waals surface area contributed by atoms with Crippen LogP contribution in [0, 0.1) is 0 Å². The first-order valence-corrected chi connectivity index (χ1v) is 6.18. The Morgan fingerprint density at radius 1 is 1.48 bits per heavy atom. The number of carbonyl (C=O) groups is 1. The fourth-order valence-corrected chi connectivity index (χ4v) is 2.02. The molecule has 1 atom stereocenters. The van der Waals surface area contributed by atoms with Crippen molar-refractivity contribution in [3.63, 3.8) is 0 Å². The summed E-state index contributed by atoms with van der Waals surface area (Å²) < 4.78 is 43.4. The number of carbonyl (C=O) groups excluding carboxylic acids is 1. The quantitative estimate of drug-likeness (QED) is 0.825. The number of aliphatic hydroxyl groups is 1. The van der Waals surface area contributed by atoms with Crippen molar-refractivity contribution < 1.29 is 27.8 Å². The summed E-state index contributed by atoms with van der Waals surface area (Å²) in [5.41, 5.74) is 3.92. The zero-order valence-corrected chi connectivity index (χ0v) is 10.9. The second-order valence-electron chi connectivity index (χ2n) is 4.60. The Hall–Kier alpha value is -1.87. The molecule has 0 spiro atoms. The SMILES string of the molecule is NC(=O)c1ccc(C(F)(F)F)nc1N1CCOCC(O)C1. The van der Waals surface area contributed by atoms with Crippen LogP contribution in [0.15, 0.2) is 12.1 Å². The highest BCUT2D eigenvalue weighted by Gasteiger charge is 2.34. The molecule has 9 heteroatoms. The van der Waals surface area contributed by atoms with E-state index in [1.54, 1.807) is 0 Å². The monoisotopic (exact) mass is 305 g/mol. The van der Waals surface area contributed by atoms with Gasteiger partial charge in [0, 0.05) is 13.1 Å². The van der Waals surface area contributed by atoms with Gasteiger partial charge in [-0.25, -0.2) is 4.98 Å². The van der Waals surface area contributed by atoms with Gasteiger partial charge in [0.25, 0.3) is 5.91 Å². The van der Waals surface area contributed by atoms with E-state index in [9.17, 15) is 23.1 Å². The van der Waals surface area contributed by atoms with Gasteiger partial charge >= 0.3 is 6.18 Å². The topological polar surface area (TPSA) is 88.7 Å². The predicted molar refractivity (Wildman–Crippen MR) is 66.8 cm³/mol. The van der Waals surface area contributed by atoms with Gasteiger partial charge in [0.2, 0.25) is 0 Å². The van der Waals surface area contributed by atoms with Crippen molar-refractivity contribution in [2.45, 2.75) is 12.3 Å². The van der Waals surface area contributed by atoms with Crippen LogP contribution in [0.5, 0.6) is 0 Å². The highest BCUT2D eigenvalue weighted by Crippen LogP contribution is 2.30. The van der Waals surface area contributed by atoms with Crippen LogP contribution in [0.2, 0.25) is 0 Å². The number of rotatable bonds is 2. The van der Waals surface area contributed by atoms with Crippen molar-refractivity contribution >= 4 is 11.7 Å². The van der Waals surface area contributed by atoms with Crippen molar-refractivity contribution in [3.8, 4) is 0 Å². The fourth-order valence-electron chi connectivity index (χ4n) is 2.02. The van der Waals surface area contributed by atoms with Gasteiger partial charge in [-0.1, -0.05) is 0 Å². The first-order chi connectivity index (χ1) is 9.79. The largest absolute Gasteiger partial charge is 0.433 e. The third-order valence-corrected chi connectivity index (χ3v) is 2.98. The molecular formula is C12H14F3N3O3. The van der Waals surface area contributed by atoms with Gasteiger partial charge in [0.1, 0.15) is 11.5 Å². The van der Waals surface area contributed by atoms with Gasteiger partial charge in [-0.05, 0) is 12.1 Å². The lowest BCUT2D eigenvalue weighted by Gasteiger charge is -2.25. The number of nitrogens with zero attached hydrogens (tertiary/aromatic N) is 2. The average Bonchev–Trinajstić information content (AvgIpc) is 2.61. The van der Waals surface area contributed by atoms with E-state index < -0.39 is 23.9 Å². The number of pyridine rings is 1. The number of amides is 1. The molecule has 6 nitrogen and oxygen atoms in total. The van der Waals surface area contributed by atoms with E-state index in [1.807, 2.05) is 0 Å². The minimum atomic E-state index is -4.63. The third-order valence-electron chi connectivity index (χ3n) is 2.98. The Kier molecular flexibility index (Phi) is 4.33. The van der Waals surface area contributed by atoms with Crippen LogP contribution in [0.25, 0.3) is 0 Å². The molecule has 0 radical (unpaired) electrons. The maximum Gasteiger partial charge on any atom is 0.433 e. The number of hydrogen-bond donors (Lipinski definition) is 2. The molecule has 3 N–H and O–H groups in total. The molecule has 1 aliphatic rings. The summed E-state index contributed by atoms with van der Waals surface area (Å²) in [5, 5.41) is 9.65. The molecule has 1 amide bonds. The van der Waals surface area contributed by atoms with Crippen LogP contribution in [0.3, 0.4) is 0 Å². The molecule has 1 aliphatic heterocycles. The molecule has 1 fully saturated rings. The van der Waals surface area contributed by atoms with Crippen molar-refractivity contribution in [3.05, 3.63) is 23.4 Å². The molecule has 0 aromatic carbocycles. The number of aliphatic hydroxyl groups excluding tert-OH is 1. The number of ether oxygens (including phenoxy) is 1. The molecular weight excluding hydrogens is 291 g/mol. The summed E-state index contributed by atoms with van der Waals surface area (Å²) in [5.74, 6) is -1.08. The molecule has 0 aliphatic carbocycles. The minimum absolute atomic E-state index is 0.00852. The number of aromatic nitrogens is 1. The zero-order valence-electron chi connectivity index (χ0n) is 10.9. The van der Waals surface area contributed by atoms with Gasteiger partial charge in [0.15, 0.2) is 0 Å². The molecule has 0 bridgehead atoms. The van der Waals surface area contributed by atoms with Gasteiger partial charge in [0.05, 0.1) is 24.9 Å². The highest BCUT2D eigenvalue weighted by atomic mass is 19.4. The Bertz CT molecular complexity index is 536. The Morgan fingerprint density at radius 3 is 2.81 bits per heavy atom. The summed E-state index contributed by atoms with van der Waals surface area (Å²) in [4.78, 5) is 16.2. The summed E-state index contributed by atoms with van der Waals surface area (Å²) in [6, 6.07) is 1.69. The van der Waals surface area contributed by atoms with Gasteiger partial charge in [-0.2, -0.15) is 13.2 Å². The van der Waals surface area contributed by atoms with Crippen LogP contribution >= 0.6 is 0 Å². The first kappa shape index (κ1) is 15.5. The van der Waals surface area contributed by atoms with Crippen LogP contribution in [-0.4, -0.2) is 48.4 Å². The summed E-state index contributed by atoms with van der Waals surface area (Å²) in [6.45, 7) is 0.481. The average molecular weight is 305 g/mol. The standard InChI is InChI=1S/C12H14F3N3O3/c13-12(14,15)9-2-1-8(10(16)20)11(17-9)18-3-4-21-6-7(19)5-18/h1-2,7,19H,3-6H2,(H2,16,20). The van der Waals surface area contributed by atoms with E-state index in [0.29, 0.717) is 6.07 Å². The zero-order chi connectivity index (χ0) is 15.6. The van der Waals surface area contributed by atoms with E-state index in [-0.39, 0.29) is 37.7 Å². The van der Waals surface area contributed by atoms with E-state index in [1.165, 1.54) is 4.90 Å². The number of β-amino-alcohol motifs (C(OH)–C–C–N with tert-alkyl or cyclic N) is 1. The molecule has 1 unspecified atom stereocenters. The van der Waals surface area contributed by atoms with E-state index in [4.69, 9.17) is 10.5 Å². The highest BCUT2D eigenvalue weighted by molar-refractivity contribution is 5.97. The van der Waals surface area contributed by atoms with E-state index in [0.717, 1.165) is 6.07 Å². The molecule has 2 heterocycles. The second-order valence-corrected chi connectivity index (χ2v) is 4.60. The smallest absolute Gasteiger partial charge is 0.389 e. The number of nitrogens with two attached hydrogens (primary N) is 1. The van der Waals surface area contributed by atoms with Gasteiger partial charge in [-0.3, -0.25) is 4.79 Å². The molecule has 21 heavy (non-hydrogen) atoms. The van der Waals surface area contributed by atoms with Crippen molar-refractivity contribution in [1.29, 1.82) is 0 Å². The molecule has 2 rings (SSSR count). The van der Waals surface area contributed by atoms with Gasteiger partial charge in [-0.15, -0.1) is 0 Å². The van der Waals surface area contributed by atoms with Crippen molar-refractivity contribution in [2.75, 3.05) is 31.2 Å². The molecule has 1 aromatic rings. The van der Waals surface area contributed by atoms with Crippen LogP contribution in [0.1, 0.15) is 16.1 Å². The maximum absolute atomic E-state index is 12.8. The van der Waals surface area contributed by atoms with Gasteiger partial charge < -0.3 is 20.5 Å². The van der Waals surface area contributed by atoms with E-state index >= 15 is 0 Å². The van der Waals surface area contributed by atoms with Crippen LogP contribution in [-0.2, 0) is 10.9 Å². The Morgan fingerprint density at radius 2 is 2.19 bits per heavy atom. The normalized spacial score (nSPS) is 20.2. The predicted octanol–water partition coefficient (Wildman–Crippen LogP) is 0.397. The lowest BCUT2D eigenvalue weighted by atomic mass is 10.2. The molecule has 1 saturated heterocycles. The Balaban J connectivity index is 2.44. The van der Waals surface area contributed by atoms with Crippen molar-refractivity contribution in [2.24, 2.45) is 5.73 Å². The number of halogens is 3. The lowest BCUT2D eigenvalue weighted by Crippen LogP contribution is -2.35. The maximum atomic E-state index is 12.8. The summed E-state index contributed by atoms with van der Waals surface area (Å²) in [7, 11) is 0. The molecule has 116 valence electrons. The number of primary amides is 1. The summed E-state index contributed by atoms with van der Waals surface area (Å²) >= 11 is 0. The number of alkyl halides is 3. The number of hydrogen-bond acceptors (Lipinski definition) is 5. The molecule has 0 saturated carbocycles. The fraction of sp³-hybridized carbons (Fsp3) is 0.500. The third kappa shape index (κ3) is 3.61. The van der Waals surface area contributed by atoms with Crippen LogP contribution in [0.4, 0.5) is 19.0 Å². The first-order valence-electron chi connectivity index (χ1n) is 6.18. The minimum Gasteiger partial charge on any atom is -0.389 e. The van der Waals surface area contributed by atoms with Crippen molar-refractivity contribution in [1.82, 2.24) is 4.98 Å². The Labute approximate surface area is 118 Å². The molecule has 1 aromatic heterocycles.